The number of alkyl halides is 3. The summed E-state index contributed by atoms with van der Waals surface area (Å²) in [5.41, 5.74) is 0.357. The van der Waals surface area contributed by atoms with E-state index in [2.05, 4.69) is 25.7 Å². The molecular weight excluding hydrogens is 353 g/mol. The highest BCUT2D eigenvalue weighted by molar-refractivity contribution is 9.10. The number of nitriles is 1. The minimum absolute atomic E-state index is 0.0776. The van der Waals surface area contributed by atoms with Gasteiger partial charge in [-0.1, -0.05) is 0 Å². The highest BCUT2D eigenvalue weighted by Gasteiger charge is 2.32. The summed E-state index contributed by atoms with van der Waals surface area (Å²) in [4.78, 5) is 3.89. The van der Waals surface area contributed by atoms with E-state index in [1.54, 1.807) is 0 Å². The zero-order valence-corrected chi connectivity index (χ0v) is 11.8. The number of aromatic nitrogens is 1. The van der Waals surface area contributed by atoms with Crippen LogP contribution in [-0.4, -0.2) is 11.3 Å². The van der Waals surface area contributed by atoms with Gasteiger partial charge < -0.3 is 9.47 Å². The minimum atomic E-state index is -4.77. The summed E-state index contributed by atoms with van der Waals surface area (Å²) < 4.78 is 45.7. The predicted octanol–water partition coefficient (Wildman–Crippen LogP) is 4.41. The van der Waals surface area contributed by atoms with Crippen LogP contribution in [0, 0.1) is 11.3 Å². The van der Waals surface area contributed by atoms with Gasteiger partial charge in [0.2, 0.25) is 5.88 Å². The molecule has 21 heavy (non-hydrogen) atoms. The lowest BCUT2D eigenvalue weighted by molar-refractivity contribution is -0.274. The molecule has 0 aliphatic rings. The van der Waals surface area contributed by atoms with E-state index in [0.29, 0.717) is 5.56 Å². The van der Waals surface area contributed by atoms with Crippen LogP contribution in [-0.2, 0) is 0 Å². The molecule has 0 aliphatic heterocycles. The molecule has 0 amide bonds. The van der Waals surface area contributed by atoms with Crippen molar-refractivity contribution in [2.75, 3.05) is 0 Å². The topological polar surface area (TPSA) is 55.1 Å². The maximum atomic E-state index is 12.1. The van der Waals surface area contributed by atoms with E-state index in [1.165, 1.54) is 30.5 Å². The maximum Gasteiger partial charge on any atom is 0.573 e. The van der Waals surface area contributed by atoms with Gasteiger partial charge in [-0.05, 0) is 40.2 Å². The van der Waals surface area contributed by atoms with Gasteiger partial charge >= 0.3 is 6.36 Å². The second-order valence-electron chi connectivity index (χ2n) is 3.74. The number of ether oxygens (including phenoxy) is 2. The number of pyridine rings is 1. The SMILES string of the molecule is N#Cc1ccnc(Oc2ccc(OC(F)(F)F)c(Br)c2)c1. The number of benzene rings is 1. The van der Waals surface area contributed by atoms with Crippen LogP contribution in [0.4, 0.5) is 13.2 Å². The molecule has 0 saturated carbocycles. The molecule has 0 bridgehead atoms. The average Bonchev–Trinajstić information content (AvgIpc) is 2.41. The third-order valence-corrected chi connectivity index (χ3v) is 2.84. The first-order valence-corrected chi connectivity index (χ1v) is 6.26. The minimum Gasteiger partial charge on any atom is -0.439 e. The Morgan fingerprint density at radius 1 is 1.19 bits per heavy atom. The fourth-order valence-electron chi connectivity index (χ4n) is 1.41. The lowest BCUT2D eigenvalue weighted by Crippen LogP contribution is -2.17. The van der Waals surface area contributed by atoms with Gasteiger partial charge in [-0.25, -0.2) is 4.98 Å². The van der Waals surface area contributed by atoms with E-state index in [0.717, 1.165) is 6.07 Å². The second kappa shape index (κ2) is 6.01. The molecule has 0 aliphatic carbocycles. The Morgan fingerprint density at radius 3 is 2.57 bits per heavy atom. The summed E-state index contributed by atoms with van der Waals surface area (Å²) in [5, 5.41) is 8.75. The lowest BCUT2D eigenvalue weighted by Gasteiger charge is -2.11. The highest BCUT2D eigenvalue weighted by atomic mass is 79.9. The highest BCUT2D eigenvalue weighted by Crippen LogP contribution is 2.34. The number of halogens is 4. The van der Waals surface area contributed by atoms with Crippen LogP contribution >= 0.6 is 15.9 Å². The molecule has 2 rings (SSSR count). The largest absolute Gasteiger partial charge is 0.573 e. The molecule has 1 aromatic heterocycles. The Kier molecular flexibility index (Phi) is 4.33. The fourth-order valence-corrected chi connectivity index (χ4v) is 1.85. The van der Waals surface area contributed by atoms with Crippen molar-refractivity contribution in [3.63, 3.8) is 0 Å². The van der Waals surface area contributed by atoms with Gasteiger partial charge in [0.25, 0.3) is 0 Å². The van der Waals surface area contributed by atoms with E-state index in [1.807, 2.05) is 6.07 Å². The van der Waals surface area contributed by atoms with Crippen molar-refractivity contribution in [3.8, 4) is 23.4 Å². The van der Waals surface area contributed by atoms with E-state index >= 15 is 0 Å². The van der Waals surface area contributed by atoms with E-state index in [4.69, 9.17) is 10.00 Å². The van der Waals surface area contributed by atoms with Gasteiger partial charge in [0.05, 0.1) is 16.1 Å². The zero-order chi connectivity index (χ0) is 15.5. The van der Waals surface area contributed by atoms with Crippen molar-refractivity contribution in [1.29, 1.82) is 5.26 Å². The van der Waals surface area contributed by atoms with Crippen molar-refractivity contribution < 1.29 is 22.6 Å². The van der Waals surface area contributed by atoms with Crippen LogP contribution in [0.25, 0.3) is 0 Å². The van der Waals surface area contributed by atoms with Crippen LogP contribution in [0.15, 0.2) is 41.0 Å². The second-order valence-corrected chi connectivity index (χ2v) is 4.59. The Bertz CT molecular complexity index is 699. The van der Waals surface area contributed by atoms with Gasteiger partial charge in [-0.15, -0.1) is 13.2 Å². The van der Waals surface area contributed by atoms with E-state index in [9.17, 15) is 13.2 Å². The third-order valence-electron chi connectivity index (χ3n) is 2.22. The molecule has 0 radical (unpaired) electrons. The van der Waals surface area contributed by atoms with Crippen LogP contribution in [0.5, 0.6) is 17.4 Å². The molecule has 8 heteroatoms. The summed E-state index contributed by atoms with van der Waals surface area (Å²) in [6.45, 7) is 0. The zero-order valence-electron chi connectivity index (χ0n) is 10.2. The summed E-state index contributed by atoms with van der Waals surface area (Å²) in [6, 6.07) is 8.56. The molecule has 108 valence electrons. The molecule has 0 fully saturated rings. The predicted molar refractivity (Wildman–Crippen MR) is 69.9 cm³/mol. The standard InChI is InChI=1S/C13H6BrF3N2O2/c14-10-6-9(1-2-11(10)21-13(15,16)17)20-12-5-8(7-18)3-4-19-12/h1-6H. The van der Waals surface area contributed by atoms with Crippen molar-refractivity contribution in [3.05, 3.63) is 46.6 Å². The number of nitrogens with zero attached hydrogens (tertiary/aromatic N) is 2. The molecule has 2 aromatic rings. The molecule has 0 unspecified atom stereocenters. The molecule has 0 saturated heterocycles. The normalized spacial score (nSPS) is 10.8. The first kappa shape index (κ1) is 15.1. The number of hydrogen-bond donors (Lipinski definition) is 0. The van der Waals surface area contributed by atoms with Crippen LogP contribution in [0.1, 0.15) is 5.56 Å². The first-order chi connectivity index (χ1) is 9.87. The number of hydrogen-bond acceptors (Lipinski definition) is 4. The smallest absolute Gasteiger partial charge is 0.439 e. The van der Waals surface area contributed by atoms with E-state index in [-0.39, 0.29) is 21.9 Å². The van der Waals surface area contributed by atoms with Crippen molar-refractivity contribution in [1.82, 2.24) is 4.98 Å². The molecule has 0 N–H and O–H groups in total. The van der Waals surface area contributed by atoms with Crippen molar-refractivity contribution in [2.24, 2.45) is 0 Å². The summed E-state index contributed by atoms with van der Waals surface area (Å²) >= 11 is 2.96. The van der Waals surface area contributed by atoms with E-state index < -0.39 is 6.36 Å². The molecule has 0 atom stereocenters. The third kappa shape index (κ3) is 4.36. The summed E-state index contributed by atoms with van der Waals surface area (Å²) in [6.07, 6.45) is -3.38. The van der Waals surface area contributed by atoms with Crippen LogP contribution in [0.3, 0.4) is 0 Å². The first-order valence-electron chi connectivity index (χ1n) is 5.47. The molecular formula is C13H6BrF3N2O2. The van der Waals surface area contributed by atoms with Crippen LogP contribution in [0.2, 0.25) is 0 Å². The monoisotopic (exact) mass is 358 g/mol. The van der Waals surface area contributed by atoms with Crippen molar-refractivity contribution >= 4 is 15.9 Å². The average molecular weight is 359 g/mol. The molecule has 0 spiro atoms. The Labute approximate surface area is 125 Å². The Hall–Kier alpha value is -2.27. The Balaban J connectivity index is 2.18. The molecule has 4 nitrogen and oxygen atoms in total. The van der Waals surface area contributed by atoms with Crippen molar-refractivity contribution in [2.45, 2.75) is 6.36 Å². The van der Waals surface area contributed by atoms with Gasteiger partial charge in [0, 0.05) is 12.3 Å². The Morgan fingerprint density at radius 2 is 1.95 bits per heavy atom. The lowest BCUT2D eigenvalue weighted by atomic mass is 10.3. The quantitative estimate of drug-likeness (QED) is 0.815. The van der Waals surface area contributed by atoms with Crippen LogP contribution < -0.4 is 9.47 Å². The summed E-state index contributed by atoms with van der Waals surface area (Å²) in [7, 11) is 0. The van der Waals surface area contributed by atoms with Gasteiger partial charge in [0.15, 0.2) is 0 Å². The number of rotatable bonds is 3. The maximum absolute atomic E-state index is 12.1. The fraction of sp³-hybridized carbons (Fsp3) is 0.0769. The van der Waals surface area contributed by atoms with Gasteiger partial charge in [-0.3, -0.25) is 0 Å². The summed E-state index contributed by atoms with van der Waals surface area (Å²) in [5.74, 6) is 0.0259. The van der Waals surface area contributed by atoms with Gasteiger partial charge in [0.1, 0.15) is 11.5 Å². The molecule has 1 aromatic carbocycles. The molecule has 1 heterocycles. The van der Waals surface area contributed by atoms with Gasteiger partial charge in [-0.2, -0.15) is 5.26 Å².